The van der Waals surface area contributed by atoms with Crippen molar-refractivity contribution in [2.75, 3.05) is 40.1 Å². The summed E-state index contributed by atoms with van der Waals surface area (Å²) in [6.07, 6.45) is 3.33. The molecule has 0 aliphatic rings. The van der Waals surface area contributed by atoms with E-state index in [1.54, 1.807) is 7.11 Å². The summed E-state index contributed by atoms with van der Waals surface area (Å²) < 4.78 is 16.2. The third kappa shape index (κ3) is 7.64. The SMILES string of the molecule is CCCCOCCCNCc1ccc(OCCO)c(OC)c1. The van der Waals surface area contributed by atoms with Gasteiger partial charge in [0.25, 0.3) is 0 Å². The number of benzene rings is 1. The highest BCUT2D eigenvalue weighted by atomic mass is 16.5. The first kappa shape index (κ1) is 18.7. The number of ether oxygens (including phenoxy) is 3. The average Bonchev–Trinajstić information content (AvgIpc) is 2.55. The van der Waals surface area contributed by atoms with Gasteiger partial charge in [0.05, 0.1) is 13.7 Å². The number of hydrogen-bond acceptors (Lipinski definition) is 5. The second-order valence-corrected chi connectivity index (χ2v) is 5.05. The molecule has 0 aliphatic carbocycles. The van der Waals surface area contributed by atoms with Crippen LogP contribution in [0.2, 0.25) is 0 Å². The Hall–Kier alpha value is -1.30. The molecule has 0 spiro atoms. The van der Waals surface area contributed by atoms with E-state index in [-0.39, 0.29) is 13.2 Å². The molecule has 0 saturated heterocycles. The fraction of sp³-hybridized carbons (Fsp3) is 0.647. The number of methoxy groups -OCH3 is 1. The third-order valence-electron chi connectivity index (χ3n) is 3.19. The van der Waals surface area contributed by atoms with Crippen LogP contribution in [0.4, 0.5) is 0 Å². The number of aliphatic hydroxyl groups is 1. The summed E-state index contributed by atoms with van der Waals surface area (Å²) in [7, 11) is 1.62. The van der Waals surface area contributed by atoms with E-state index in [0.717, 1.165) is 44.7 Å². The maximum Gasteiger partial charge on any atom is 0.161 e. The Bertz CT molecular complexity index is 398. The van der Waals surface area contributed by atoms with Crippen LogP contribution in [0.3, 0.4) is 0 Å². The van der Waals surface area contributed by atoms with E-state index in [1.807, 2.05) is 18.2 Å². The summed E-state index contributed by atoms with van der Waals surface area (Å²) in [5.41, 5.74) is 1.14. The van der Waals surface area contributed by atoms with Gasteiger partial charge in [0.2, 0.25) is 0 Å². The van der Waals surface area contributed by atoms with E-state index in [4.69, 9.17) is 19.3 Å². The molecule has 0 heterocycles. The summed E-state index contributed by atoms with van der Waals surface area (Å²) >= 11 is 0. The van der Waals surface area contributed by atoms with Gasteiger partial charge < -0.3 is 24.6 Å². The highest BCUT2D eigenvalue weighted by molar-refractivity contribution is 5.42. The lowest BCUT2D eigenvalue weighted by Crippen LogP contribution is -2.16. The van der Waals surface area contributed by atoms with Gasteiger partial charge in [0.1, 0.15) is 6.61 Å². The lowest BCUT2D eigenvalue weighted by molar-refractivity contribution is 0.129. The molecule has 0 aliphatic heterocycles. The number of aliphatic hydroxyl groups excluding tert-OH is 1. The molecular formula is C17H29NO4. The van der Waals surface area contributed by atoms with Crippen molar-refractivity contribution in [2.24, 2.45) is 0 Å². The average molecular weight is 311 g/mol. The first-order chi connectivity index (χ1) is 10.8. The molecule has 0 fully saturated rings. The summed E-state index contributed by atoms with van der Waals surface area (Å²) in [6.45, 7) is 5.81. The Kier molecular flexibility index (Phi) is 10.5. The molecule has 1 aromatic carbocycles. The molecule has 5 heteroatoms. The summed E-state index contributed by atoms with van der Waals surface area (Å²) in [4.78, 5) is 0. The molecule has 1 aromatic rings. The van der Waals surface area contributed by atoms with Gasteiger partial charge in [0, 0.05) is 19.8 Å². The number of hydrogen-bond donors (Lipinski definition) is 2. The third-order valence-corrected chi connectivity index (χ3v) is 3.19. The summed E-state index contributed by atoms with van der Waals surface area (Å²) in [5.74, 6) is 1.35. The van der Waals surface area contributed by atoms with E-state index >= 15 is 0 Å². The van der Waals surface area contributed by atoms with Crippen LogP contribution in [-0.2, 0) is 11.3 Å². The lowest BCUT2D eigenvalue weighted by Gasteiger charge is -2.12. The fourth-order valence-corrected chi connectivity index (χ4v) is 1.98. The topological polar surface area (TPSA) is 60.0 Å². The molecule has 0 unspecified atom stereocenters. The van der Waals surface area contributed by atoms with E-state index in [1.165, 1.54) is 6.42 Å². The molecule has 5 nitrogen and oxygen atoms in total. The zero-order valence-electron chi connectivity index (χ0n) is 13.8. The van der Waals surface area contributed by atoms with Gasteiger partial charge in [-0.2, -0.15) is 0 Å². The van der Waals surface area contributed by atoms with Crippen LogP contribution in [0, 0.1) is 0 Å². The van der Waals surface area contributed by atoms with Gasteiger partial charge >= 0.3 is 0 Å². The predicted octanol–water partition coefficient (Wildman–Crippen LogP) is 2.36. The minimum absolute atomic E-state index is 0.00715. The Morgan fingerprint density at radius 3 is 2.64 bits per heavy atom. The van der Waals surface area contributed by atoms with Crippen molar-refractivity contribution >= 4 is 0 Å². The normalized spacial score (nSPS) is 10.7. The standard InChI is InChI=1S/C17H29NO4/c1-3-4-10-21-11-5-8-18-14-15-6-7-16(22-12-9-19)17(13-15)20-2/h6-7,13,18-19H,3-5,8-12,14H2,1-2H3. The van der Waals surface area contributed by atoms with Crippen molar-refractivity contribution in [3.8, 4) is 11.5 Å². The van der Waals surface area contributed by atoms with Crippen molar-refractivity contribution in [1.29, 1.82) is 0 Å². The minimum Gasteiger partial charge on any atom is -0.493 e. The predicted molar refractivity (Wildman–Crippen MR) is 87.6 cm³/mol. The Labute approximate surface area is 133 Å². The van der Waals surface area contributed by atoms with Crippen LogP contribution in [0.1, 0.15) is 31.7 Å². The lowest BCUT2D eigenvalue weighted by atomic mass is 10.2. The highest BCUT2D eigenvalue weighted by Crippen LogP contribution is 2.27. The summed E-state index contributed by atoms with van der Waals surface area (Å²) in [5, 5.41) is 12.2. The molecule has 126 valence electrons. The number of rotatable bonds is 13. The summed E-state index contributed by atoms with van der Waals surface area (Å²) in [6, 6.07) is 5.83. The van der Waals surface area contributed by atoms with Crippen LogP contribution in [0.5, 0.6) is 11.5 Å². The van der Waals surface area contributed by atoms with Crippen LogP contribution in [0.15, 0.2) is 18.2 Å². The van der Waals surface area contributed by atoms with Crippen molar-refractivity contribution in [3.05, 3.63) is 23.8 Å². The molecule has 2 N–H and O–H groups in total. The van der Waals surface area contributed by atoms with Crippen molar-refractivity contribution in [3.63, 3.8) is 0 Å². The second-order valence-electron chi connectivity index (χ2n) is 5.05. The Balaban J connectivity index is 2.25. The van der Waals surface area contributed by atoms with Crippen LogP contribution >= 0.6 is 0 Å². The largest absolute Gasteiger partial charge is 0.493 e. The molecule has 1 rings (SSSR count). The van der Waals surface area contributed by atoms with Gasteiger partial charge in [0.15, 0.2) is 11.5 Å². The first-order valence-electron chi connectivity index (χ1n) is 8.00. The highest BCUT2D eigenvalue weighted by Gasteiger charge is 2.05. The zero-order valence-corrected chi connectivity index (χ0v) is 13.8. The van der Waals surface area contributed by atoms with Gasteiger partial charge in [-0.15, -0.1) is 0 Å². The zero-order chi connectivity index (χ0) is 16.0. The van der Waals surface area contributed by atoms with E-state index in [2.05, 4.69) is 12.2 Å². The quantitative estimate of drug-likeness (QED) is 0.548. The molecule has 0 amide bonds. The fourth-order valence-electron chi connectivity index (χ4n) is 1.98. The first-order valence-corrected chi connectivity index (χ1v) is 8.00. The maximum absolute atomic E-state index is 8.79. The van der Waals surface area contributed by atoms with E-state index < -0.39 is 0 Å². The minimum atomic E-state index is -0.00715. The molecule has 0 radical (unpaired) electrons. The molecule has 0 saturated carbocycles. The molecule has 22 heavy (non-hydrogen) atoms. The van der Waals surface area contributed by atoms with Gasteiger partial charge in [-0.3, -0.25) is 0 Å². The molecule has 0 atom stereocenters. The van der Waals surface area contributed by atoms with Crippen LogP contribution in [-0.4, -0.2) is 45.2 Å². The van der Waals surface area contributed by atoms with Crippen molar-refractivity contribution in [1.82, 2.24) is 5.32 Å². The Morgan fingerprint density at radius 2 is 1.91 bits per heavy atom. The van der Waals surface area contributed by atoms with Gasteiger partial charge in [-0.05, 0) is 37.1 Å². The molecule has 0 aromatic heterocycles. The monoisotopic (exact) mass is 311 g/mol. The van der Waals surface area contributed by atoms with Gasteiger partial charge in [-0.25, -0.2) is 0 Å². The van der Waals surface area contributed by atoms with Crippen LogP contribution in [0.25, 0.3) is 0 Å². The Morgan fingerprint density at radius 1 is 1.09 bits per heavy atom. The molecular weight excluding hydrogens is 282 g/mol. The van der Waals surface area contributed by atoms with E-state index in [0.29, 0.717) is 11.5 Å². The smallest absolute Gasteiger partial charge is 0.161 e. The van der Waals surface area contributed by atoms with Crippen molar-refractivity contribution in [2.45, 2.75) is 32.7 Å². The van der Waals surface area contributed by atoms with Crippen LogP contribution < -0.4 is 14.8 Å². The second kappa shape index (κ2) is 12.3. The number of nitrogens with one attached hydrogen (secondary N) is 1. The van der Waals surface area contributed by atoms with Crippen molar-refractivity contribution < 1.29 is 19.3 Å². The van der Waals surface area contributed by atoms with Gasteiger partial charge in [-0.1, -0.05) is 19.4 Å². The maximum atomic E-state index is 8.79. The van der Waals surface area contributed by atoms with E-state index in [9.17, 15) is 0 Å². The molecule has 0 bridgehead atoms. The number of unbranched alkanes of at least 4 members (excludes halogenated alkanes) is 1.